The Morgan fingerprint density at radius 3 is 2.20 bits per heavy atom. The number of para-hydroxylation sites is 3. The lowest BCUT2D eigenvalue weighted by molar-refractivity contribution is 0.630. The summed E-state index contributed by atoms with van der Waals surface area (Å²) in [7, 11) is 0. The van der Waals surface area contributed by atoms with E-state index < -0.39 is 0 Å². The van der Waals surface area contributed by atoms with E-state index in [1.165, 1.54) is 49.7 Å². The maximum Gasteiger partial charge on any atom is 0.138 e. The normalized spacial score (nSPS) is 13.3. The van der Waals surface area contributed by atoms with Crippen molar-refractivity contribution >= 4 is 49.9 Å². The first kappa shape index (κ1) is 25.8. The zero-order valence-corrected chi connectivity index (χ0v) is 25.3. The summed E-state index contributed by atoms with van der Waals surface area (Å²) in [5.74, 6) is 0.887. The zero-order chi connectivity index (χ0) is 30.1. The number of rotatable bonds is 4. The minimum atomic E-state index is -0.0950. The van der Waals surface area contributed by atoms with E-state index in [1.54, 1.807) is 0 Å². The summed E-state index contributed by atoms with van der Waals surface area (Å²) in [5, 5.41) is 3.64. The predicted octanol–water partition coefficient (Wildman–Crippen LogP) is 11.1. The maximum atomic E-state index is 5.19. The van der Waals surface area contributed by atoms with Crippen molar-refractivity contribution in [3.05, 3.63) is 163 Å². The van der Waals surface area contributed by atoms with Gasteiger partial charge in [-0.2, -0.15) is 0 Å². The Morgan fingerprint density at radius 1 is 0.556 bits per heavy atom. The number of hydrogen-bond acceptors (Lipinski definition) is 2. The number of benzene rings is 6. The molecule has 45 heavy (non-hydrogen) atoms. The molecule has 9 rings (SSSR count). The van der Waals surface area contributed by atoms with Crippen LogP contribution in [0, 0.1) is 0 Å². The number of fused-ring (bicyclic) bond motifs is 6. The van der Waals surface area contributed by atoms with E-state index in [-0.39, 0.29) is 5.41 Å². The Bertz CT molecular complexity index is 2420. The van der Waals surface area contributed by atoms with E-state index in [9.17, 15) is 0 Å². The molecular weight excluding hydrogens is 546 g/mol. The quantitative estimate of drug-likeness (QED) is 0.207. The van der Waals surface area contributed by atoms with Crippen molar-refractivity contribution in [2.24, 2.45) is 0 Å². The number of hydrogen-bond donors (Lipinski definition) is 0. The molecule has 0 atom stereocenters. The highest BCUT2D eigenvalue weighted by Gasteiger charge is 2.34. The molecule has 0 N–H and O–H groups in total. The smallest absolute Gasteiger partial charge is 0.138 e. The lowest BCUT2D eigenvalue weighted by atomic mass is 9.75. The summed E-state index contributed by atoms with van der Waals surface area (Å²) in [4.78, 5) is 7.48. The van der Waals surface area contributed by atoms with Crippen LogP contribution in [0.5, 0.6) is 0 Å². The molecular formula is C42H31N3. The Hall–Kier alpha value is -5.67. The van der Waals surface area contributed by atoms with Crippen molar-refractivity contribution in [1.82, 2.24) is 9.55 Å². The van der Waals surface area contributed by atoms with E-state index in [1.807, 2.05) is 0 Å². The minimum Gasteiger partial charge on any atom is -0.309 e. The highest BCUT2D eigenvalue weighted by atomic mass is 15.2. The molecule has 3 nitrogen and oxygen atoms in total. The number of pyridine rings is 1. The SMILES string of the molecule is CC1(C)c2ccccc2-n2c3ccc(N(c4cccc(-c5ccccc5)c4)c4ccc5ccccc5n4)cc3c3cccc1c32. The van der Waals surface area contributed by atoms with Gasteiger partial charge in [0.2, 0.25) is 0 Å². The standard InChI is InChI=1S/C42H31N3/c1-42(2)35-18-7-9-21-39(35)45-38-24-23-32(27-34(38)33-17-11-19-36(42)41(33)45)44(40-25-22-29-14-6-8-20-37(29)43-40)31-16-10-15-30(26-31)28-12-4-3-5-13-28/h3-27H,1-2H3. The number of anilines is 3. The molecule has 1 aliphatic rings. The van der Waals surface area contributed by atoms with Gasteiger partial charge in [-0.1, -0.05) is 111 Å². The van der Waals surface area contributed by atoms with E-state index in [2.05, 4.69) is 175 Å². The van der Waals surface area contributed by atoms with Crippen LogP contribution in [0.4, 0.5) is 17.2 Å². The van der Waals surface area contributed by atoms with Crippen molar-refractivity contribution in [3.8, 4) is 16.8 Å². The van der Waals surface area contributed by atoms with E-state index in [0.717, 1.165) is 28.1 Å². The van der Waals surface area contributed by atoms with Gasteiger partial charge in [0, 0.05) is 32.9 Å². The summed E-state index contributed by atoms with van der Waals surface area (Å²) >= 11 is 0. The molecule has 3 heterocycles. The van der Waals surface area contributed by atoms with Gasteiger partial charge >= 0.3 is 0 Å². The van der Waals surface area contributed by atoms with Gasteiger partial charge in [0.25, 0.3) is 0 Å². The van der Waals surface area contributed by atoms with Gasteiger partial charge in [0.05, 0.1) is 22.2 Å². The fourth-order valence-corrected chi connectivity index (χ4v) is 7.34. The van der Waals surface area contributed by atoms with Crippen LogP contribution >= 0.6 is 0 Å². The highest BCUT2D eigenvalue weighted by molar-refractivity contribution is 6.12. The Balaban J connectivity index is 1.31. The molecule has 0 spiro atoms. The first-order valence-corrected chi connectivity index (χ1v) is 15.6. The second kappa shape index (κ2) is 9.67. The molecule has 0 radical (unpaired) electrons. The average Bonchev–Trinajstić information content (AvgIpc) is 3.42. The van der Waals surface area contributed by atoms with Crippen molar-refractivity contribution in [2.45, 2.75) is 19.3 Å². The van der Waals surface area contributed by atoms with Crippen molar-refractivity contribution in [2.75, 3.05) is 4.90 Å². The fraction of sp³-hybridized carbons (Fsp3) is 0.0714. The van der Waals surface area contributed by atoms with Gasteiger partial charge in [0.15, 0.2) is 0 Å². The maximum absolute atomic E-state index is 5.19. The van der Waals surface area contributed by atoms with Gasteiger partial charge in [0.1, 0.15) is 5.82 Å². The molecule has 2 aromatic heterocycles. The minimum absolute atomic E-state index is 0.0950. The number of nitrogens with zero attached hydrogens (tertiary/aromatic N) is 3. The molecule has 3 heteroatoms. The first-order chi connectivity index (χ1) is 22.1. The van der Waals surface area contributed by atoms with Gasteiger partial charge in [-0.25, -0.2) is 4.98 Å². The summed E-state index contributed by atoms with van der Waals surface area (Å²) in [6.45, 7) is 4.69. The largest absolute Gasteiger partial charge is 0.309 e. The molecule has 0 unspecified atom stereocenters. The lowest BCUT2D eigenvalue weighted by Gasteiger charge is -2.34. The van der Waals surface area contributed by atoms with Gasteiger partial charge in [-0.3, -0.25) is 4.90 Å². The van der Waals surface area contributed by atoms with E-state index >= 15 is 0 Å². The van der Waals surface area contributed by atoms with Crippen LogP contribution in [-0.2, 0) is 5.41 Å². The highest BCUT2D eigenvalue weighted by Crippen LogP contribution is 2.48. The molecule has 0 aliphatic carbocycles. The Kier molecular flexibility index (Phi) is 5.54. The summed E-state index contributed by atoms with van der Waals surface area (Å²) < 4.78 is 2.47. The topological polar surface area (TPSA) is 21.1 Å². The second-order valence-electron chi connectivity index (χ2n) is 12.5. The third-order valence-corrected chi connectivity index (χ3v) is 9.54. The van der Waals surface area contributed by atoms with Crippen LogP contribution in [0.2, 0.25) is 0 Å². The monoisotopic (exact) mass is 577 g/mol. The van der Waals surface area contributed by atoms with Crippen molar-refractivity contribution < 1.29 is 0 Å². The molecule has 0 saturated carbocycles. The Morgan fingerprint density at radius 2 is 1.29 bits per heavy atom. The molecule has 0 bridgehead atoms. The molecule has 8 aromatic rings. The van der Waals surface area contributed by atoms with Crippen LogP contribution in [-0.4, -0.2) is 9.55 Å². The molecule has 0 fully saturated rings. The molecule has 1 aliphatic heterocycles. The first-order valence-electron chi connectivity index (χ1n) is 15.6. The summed E-state index contributed by atoms with van der Waals surface area (Å²) in [6, 6.07) is 54.5. The van der Waals surface area contributed by atoms with Crippen LogP contribution < -0.4 is 4.90 Å². The summed E-state index contributed by atoms with van der Waals surface area (Å²) in [6.07, 6.45) is 0. The average molecular weight is 578 g/mol. The van der Waals surface area contributed by atoms with E-state index in [4.69, 9.17) is 4.98 Å². The molecule has 6 aromatic carbocycles. The van der Waals surface area contributed by atoms with Crippen molar-refractivity contribution in [3.63, 3.8) is 0 Å². The van der Waals surface area contributed by atoms with Gasteiger partial charge < -0.3 is 4.57 Å². The third kappa shape index (κ3) is 3.87. The molecule has 0 saturated heterocycles. The van der Waals surface area contributed by atoms with Crippen LogP contribution in [0.1, 0.15) is 25.0 Å². The third-order valence-electron chi connectivity index (χ3n) is 9.54. The van der Waals surface area contributed by atoms with Crippen LogP contribution in [0.15, 0.2) is 152 Å². The van der Waals surface area contributed by atoms with Crippen molar-refractivity contribution in [1.29, 1.82) is 0 Å². The second-order valence-corrected chi connectivity index (χ2v) is 12.5. The fourth-order valence-electron chi connectivity index (χ4n) is 7.34. The van der Waals surface area contributed by atoms with Crippen LogP contribution in [0.25, 0.3) is 49.5 Å². The molecule has 0 amide bonds. The lowest BCUT2D eigenvalue weighted by Crippen LogP contribution is -2.26. The van der Waals surface area contributed by atoms with Gasteiger partial charge in [-0.05, 0) is 76.9 Å². The Labute approximate surface area is 262 Å². The molecule has 214 valence electrons. The summed E-state index contributed by atoms with van der Waals surface area (Å²) in [5.41, 5.74) is 11.9. The van der Waals surface area contributed by atoms with E-state index in [0.29, 0.717) is 0 Å². The number of aromatic nitrogens is 2. The predicted molar refractivity (Wildman–Crippen MR) is 188 cm³/mol. The zero-order valence-electron chi connectivity index (χ0n) is 25.3. The van der Waals surface area contributed by atoms with Gasteiger partial charge in [-0.15, -0.1) is 0 Å². The van der Waals surface area contributed by atoms with Crippen LogP contribution in [0.3, 0.4) is 0 Å².